The molecule has 3 rings (SSSR count). The van der Waals surface area contributed by atoms with Crippen molar-refractivity contribution in [3.8, 4) is 17.1 Å². The molecule has 0 radical (unpaired) electrons. The number of hydrogen-bond donors (Lipinski definition) is 1. The quantitative estimate of drug-likeness (QED) is 0.607. The first-order chi connectivity index (χ1) is 12.8. The van der Waals surface area contributed by atoms with Crippen molar-refractivity contribution < 1.29 is 9.21 Å². The molecule has 27 heavy (non-hydrogen) atoms. The molecule has 0 spiro atoms. The first-order valence-electron chi connectivity index (χ1n) is 8.69. The van der Waals surface area contributed by atoms with Gasteiger partial charge < -0.3 is 9.73 Å². The molecule has 5 nitrogen and oxygen atoms in total. The molecule has 7 heteroatoms. The third kappa shape index (κ3) is 4.20. The Morgan fingerprint density at radius 1 is 1.11 bits per heavy atom. The van der Waals surface area contributed by atoms with Crippen LogP contribution in [0, 0.1) is 12.8 Å². The lowest BCUT2D eigenvalue weighted by molar-refractivity contribution is 0.0922. The number of amides is 1. The van der Waals surface area contributed by atoms with E-state index in [0.29, 0.717) is 38.8 Å². The fourth-order valence-corrected chi connectivity index (χ4v) is 2.79. The fourth-order valence-electron chi connectivity index (χ4n) is 2.50. The van der Waals surface area contributed by atoms with E-state index in [1.807, 2.05) is 26.0 Å². The van der Waals surface area contributed by atoms with Crippen molar-refractivity contribution in [3.63, 3.8) is 0 Å². The number of carbonyl (C=O) groups excluding carboxylic acids is 1. The first kappa shape index (κ1) is 19.5. The minimum Gasteiger partial charge on any atom is -0.460 e. The third-order valence-corrected chi connectivity index (χ3v) is 5.18. The number of aromatic nitrogens is 2. The second-order valence-electron chi connectivity index (χ2n) is 6.84. The summed E-state index contributed by atoms with van der Waals surface area (Å²) in [6, 6.07) is 10.5. The van der Waals surface area contributed by atoms with Crippen LogP contribution in [0.15, 0.2) is 40.8 Å². The summed E-state index contributed by atoms with van der Waals surface area (Å²) in [7, 11) is 0. The lowest BCUT2D eigenvalue weighted by Gasteiger charge is -2.17. The second kappa shape index (κ2) is 7.79. The van der Waals surface area contributed by atoms with Gasteiger partial charge in [-0.3, -0.25) is 4.79 Å². The monoisotopic (exact) mass is 405 g/mol. The zero-order chi connectivity index (χ0) is 19.7. The van der Waals surface area contributed by atoms with E-state index in [4.69, 9.17) is 27.6 Å². The average molecular weight is 406 g/mol. The zero-order valence-corrected chi connectivity index (χ0v) is 17.1. The van der Waals surface area contributed by atoms with Gasteiger partial charge in [0, 0.05) is 12.1 Å². The van der Waals surface area contributed by atoms with Crippen LogP contribution >= 0.6 is 23.2 Å². The fraction of sp³-hybridized carbons (Fsp3) is 0.300. The molecule has 1 atom stereocenters. The molecule has 1 aromatic carbocycles. The van der Waals surface area contributed by atoms with Crippen molar-refractivity contribution in [1.29, 1.82) is 0 Å². The summed E-state index contributed by atoms with van der Waals surface area (Å²) in [6.45, 7) is 7.94. The Bertz CT molecular complexity index is 976. The summed E-state index contributed by atoms with van der Waals surface area (Å²) in [5.41, 5.74) is 1.60. The zero-order valence-electron chi connectivity index (χ0n) is 15.6. The van der Waals surface area contributed by atoms with Crippen molar-refractivity contribution in [2.75, 3.05) is 0 Å². The van der Waals surface area contributed by atoms with Crippen LogP contribution in [0.2, 0.25) is 10.0 Å². The summed E-state index contributed by atoms with van der Waals surface area (Å²) in [5.74, 6) is 1.46. The number of nitrogens with zero attached hydrogens (tertiary/aromatic N) is 2. The predicted molar refractivity (Wildman–Crippen MR) is 108 cm³/mol. The van der Waals surface area contributed by atoms with Gasteiger partial charge in [0.2, 0.25) is 0 Å². The van der Waals surface area contributed by atoms with Gasteiger partial charge in [-0.05, 0) is 50.1 Å². The van der Waals surface area contributed by atoms with E-state index >= 15 is 0 Å². The predicted octanol–water partition coefficient (Wildman–Crippen LogP) is 5.52. The largest absolute Gasteiger partial charge is 0.460 e. The molecule has 0 aliphatic rings. The number of halogens is 2. The Hall–Kier alpha value is -2.24. The molecule has 0 bridgehead atoms. The molecule has 0 fully saturated rings. The molecule has 2 heterocycles. The molecule has 3 aromatic rings. The number of rotatable bonds is 5. The van der Waals surface area contributed by atoms with Crippen molar-refractivity contribution >= 4 is 29.1 Å². The number of benzene rings is 1. The molecule has 2 aromatic heterocycles. The van der Waals surface area contributed by atoms with Crippen molar-refractivity contribution in [1.82, 2.24) is 15.1 Å². The van der Waals surface area contributed by atoms with Gasteiger partial charge in [0.15, 0.2) is 5.76 Å². The van der Waals surface area contributed by atoms with Gasteiger partial charge in [0.1, 0.15) is 17.1 Å². The number of hydrogen-bond acceptors (Lipinski definition) is 3. The van der Waals surface area contributed by atoms with Crippen molar-refractivity contribution in [3.05, 3.63) is 57.9 Å². The van der Waals surface area contributed by atoms with Gasteiger partial charge in [0.05, 0.1) is 15.7 Å². The standard InChI is InChI=1S/C20H21Cl2N3O2/c1-11(2)13(4)23-20(26)18-10-17(19-8-5-12(3)27-19)24-25(18)14-6-7-15(21)16(22)9-14/h5-11,13H,1-4H3,(H,23,26). The van der Waals surface area contributed by atoms with E-state index in [-0.39, 0.29) is 11.9 Å². The van der Waals surface area contributed by atoms with Crippen LogP contribution in [0.4, 0.5) is 0 Å². The highest BCUT2D eigenvalue weighted by molar-refractivity contribution is 6.42. The summed E-state index contributed by atoms with van der Waals surface area (Å²) in [6.07, 6.45) is 0. The van der Waals surface area contributed by atoms with Crippen LogP contribution in [-0.2, 0) is 0 Å². The van der Waals surface area contributed by atoms with E-state index < -0.39 is 0 Å². The summed E-state index contributed by atoms with van der Waals surface area (Å²) in [5, 5.41) is 8.41. The molecular formula is C20H21Cl2N3O2. The van der Waals surface area contributed by atoms with Crippen LogP contribution in [0.5, 0.6) is 0 Å². The molecule has 1 amide bonds. The third-order valence-electron chi connectivity index (χ3n) is 4.44. The Labute approximate surface area is 168 Å². The maximum Gasteiger partial charge on any atom is 0.270 e. The van der Waals surface area contributed by atoms with Crippen LogP contribution in [0.3, 0.4) is 0 Å². The molecule has 0 aliphatic carbocycles. The molecule has 1 unspecified atom stereocenters. The van der Waals surface area contributed by atoms with E-state index in [2.05, 4.69) is 24.3 Å². The first-order valence-corrected chi connectivity index (χ1v) is 9.45. The Morgan fingerprint density at radius 2 is 1.85 bits per heavy atom. The summed E-state index contributed by atoms with van der Waals surface area (Å²) >= 11 is 12.2. The highest BCUT2D eigenvalue weighted by atomic mass is 35.5. The van der Waals surface area contributed by atoms with Gasteiger partial charge in [-0.1, -0.05) is 37.0 Å². The Balaban J connectivity index is 2.07. The maximum absolute atomic E-state index is 12.9. The van der Waals surface area contributed by atoms with E-state index in [1.165, 1.54) is 0 Å². The normalized spacial score (nSPS) is 12.4. The Morgan fingerprint density at radius 3 is 2.44 bits per heavy atom. The highest BCUT2D eigenvalue weighted by Gasteiger charge is 2.21. The smallest absolute Gasteiger partial charge is 0.270 e. The molecule has 0 saturated heterocycles. The van der Waals surface area contributed by atoms with Gasteiger partial charge in [-0.15, -0.1) is 0 Å². The SMILES string of the molecule is Cc1ccc(-c2cc(C(=O)NC(C)C(C)C)n(-c3ccc(Cl)c(Cl)c3)n2)o1. The lowest BCUT2D eigenvalue weighted by atomic mass is 10.1. The van der Waals surface area contributed by atoms with E-state index in [1.54, 1.807) is 28.9 Å². The van der Waals surface area contributed by atoms with E-state index in [9.17, 15) is 4.79 Å². The lowest BCUT2D eigenvalue weighted by Crippen LogP contribution is -2.37. The molecule has 142 valence electrons. The van der Waals surface area contributed by atoms with Gasteiger partial charge in [0.25, 0.3) is 5.91 Å². The minimum atomic E-state index is -0.218. The molecular weight excluding hydrogens is 385 g/mol. The van der Waals surface area contributed by atoms with Crippen molar-refractivity contribution in [2.24, 2.45) is 5.92 Å². The topological polar surface area (TPSA) is 60.1 Å². The average Bonchev–Trinajstić information content (AvgIpc) is 3.23. The molecule has 1 N–H and O–H groups in total. The summed E-state index contributed by atoms with van der Waals surface area (Å²) in [4.78, 5) is 12.9. The van der Waals surface area contributed by atoms with Crippen molar-refractivity contribution in [2.45, 2.75) is 33.7 Å². The molecule has 0 saturated carbocycles. The second-order valence-corrected chi connectivity index (χ2v) is 7.66. The van der Waals surface area contributed by atoms with Gasteiger partial charge >= 0.3 is 0 Å². The van der Waals surface area contributed by atoms with Crippen LogP contribution in [-0.4, -0.2) is 21.7 Å². The summed E-state index contributed by atoms with van der Waals surface area (Å²) < 4.78 is 7.21. The van der Waals surface area contributed by atoms with Crippen LogP contribution < -0.4 is 5.32 Å². The number of aryl methyl sites for hydroxylation is 1. The van der Waals surface area contributed by atoms with E-state index in [0.717, 1.165) is 5.76 Å². The van der Waals surface area contributed by atoms with Crippen LogP contribution in [0.1, 0.15) is 37.0 Å². The van der Waals surface area contributed by atoms with Gasteiger partial charge in [-0.25, -0.2) is 4.68 Å². The number of furan rings is 1. The number of carbonyl (C=O) groups is 1. The molecule has 0 aliphatic heterocycles. The highest BCUT2D eigenvalue weighted by Crippen LogP contribution is 2.28. The Kier molecular flexibility index (Phi) is 5.63. The minimum absolute atomic E-state index is 0.0176. The van der Waals surface area contributed by atoms with Gasteiger partial charge in [-0.2, -0.15) is 5.10 Å². The number of nitrogens with one attached hydrogen (secondary N) is 1. The van der Waals surface area contributed by atoms with Crippen LogP contribution in [0.25, 0.3) is 17.1 Å². The maximum atomic E-state index is 12.9.